The number of rotatable bonds is 3. The van der Waals surface area contributed by atoms with E-state index in [-0.39, 0.29) is 11.6 Å². The van der Waals surface area contributed by atoms with E-state index < -0.39 is 4.92 Å². The van der Waals surface area contributed by atoms with Crippen molar-refractivity contribution < 1.29 is 9.72 Å². The molecule has 0 saturated carbocycles. The van der Waals surface area contributed by atoms with E-state index in [1.54, 1.807) is 4.90 Å². The lowest BCUT2D eigenvalue weighted by Gasteiger charge is -2.21. The Morgan fingerprint density at radius 1 is 1.21 bits per heavy atom. The number of anilines is 1. The fraction of sp³-hybridized carbons (Fsp3) is 0.400. The predicted molar refractivity (Wildman–Crippen MR) is 90.5 cm³/mol. The van der Waals surface area contributed by atoms with E-state index in [0.29, 0.717) is 25.2 Å². The molecular formula is C15H17N5O3S. The van der Waals surface area contributed by atoms with Crippen LogP contribution in [0, 0.1) is 17.0 Å². The Morgan fingerprint density at radius 3 is 2.58 bits per heavy atom. The van der Waals surface area contributed by atoms with E-state index in [0.717, 1.165) is 23.9 Å². The number of benzene rings is 1. The summed E-state index contributed by atoms with van der Waals surface area (Å²) in [5, 5.41) is 11.6. The van der Waals surface area contributed by atoms with Crippen molar-refractivity contribution in [3.05, 3.63) is 45.8 Å². The smallest absolute Gasteiger partial charge is 0.269 e. The van der Waals surface area contributed by atoms with Crippen LogP contribution in [0.15, 0.2) is 24.3 Å². The maximum atomic E-state index is 12.6. The van der Waals surface area contributed by atoms with Gasteiger partial charge in [0.05, 0.1) is 4.92 Å². The molecule has 8 nitrogen and oxygen atoms in total. The van der Waals surface area contributed by atoms with Crippen LogP contribution in [0.3, 0.4) is 0 Å². The summed E-state index contributed by atoms with van der Waals surface area (Å²) < 4.78 is 4.20. The van der Waals surface area contributed by atoms with Crippen molar-refractivity contribution in [1.29, 1.82) is 0 Å². The highest BCUT2D eigenvalue weighted by atomic mass is 32.1. The van der Waals surface area contributed by atoms with Crippen LogP contribution in [0.25, 0.3) is 0 Å². The van der Waals surface area contributed by atoms with Crippen molar-refractivity contribution >= 4 is 28.3 Å². The topological polar surface area (TPSA) is 92.5 Å². The van der Waals surface area contributed by atoms with Crippen molar-refractivity contribution in [2.75, 3.05) is 31.1 Å². The van der Waals surface area contributed by atoms with Gasteiger partial charge in [-0.25, -0.2) is 4.98 Å². The first-order valence-electron chi connectivity index (χ1n) is 7.63. The molecule has 1 aromatic carbocycles. The van der Waals surface area contributed by atoms with E-state index in [2.05, 4.69) is 14.3 Å². The number of nitro groups is 1. The van der Waals surface area contributed by atoms with E-state index in [1.807, 2.05) is 6.92 Å². The van der Waals surface area contributed by atoms with Crippen LogP contribution in [-0.4, -0.2) is 51.3 Å². The number of aryl methyl sites for hydroxylation is 1. The standard InChI is InChI=1S/C15H17N5O3S/c1-11-16-15(24-17-11)19-8-2-7-18(9-10-19)14(21)12-3-5-13(6-4-12)20(22)23/h3-6H,2,7-10H2,1H3. The van der Waals surface area contributed by atoms with Gasteiger partial charge in [-0.3, -0.25) is 14.9 Å². The molecule has 0 unspecified atom stereocenters. The highest BCUT2D eigenvalue weighted by Gasteiger charge is 2.22. The van der Waals surface area contributed by atoms with Crippen molar-refractivity contribution in [1.82, 2.24) is 14.3 Å². The van der Waals surface area contributed by atoms with Gasteiger partial charge in [-0.2, -0.15) is 4.37 Å². The zero-order valence-electron chi connectivity index (χ0n) is 13.2. The van der Waals surface area contributed by atoms with Crippen molar-refractivity contribution in [2.45, 2.75) is 13.3 Å². The number of nitrogens with zero attached hydrogens (tertiary/aromatic N) is 5. The van der Waals surface area contributed by atoms with Gasteiger partial charge in [0.1, 0.15) is 5.82 Å². The first-order valence-corrected chi connectivity index (χ1v) is 8.41. The molecule has 9 heteroatoms. The lowest BCUT2D eigenvalue weighted by molar-refractivity contribution is -0.384. The number of amides is 1. The normalized spacial score (nSPS) is 15.2. The third kappa shape index (κ3) is 3.51. The second-order valence-corrected chi connectivity index (χ2v) is 6.29. The third-order valence-corrected chi connectivity index (χ3v) is 4.76. The molecule has 0 spiro atoms. The van der Waals surface area contributed by atoms with Gasteiger partial charge in [0.25, 0.3) is 11.6 Å². The molecule has 0 N–H and O–H groups in total. The minimum atomic E-state index is -0.470. The lowest BCUT2D eigenvalue weighted by Crippen LogP contribution is -2.35. The first-order chi connectivity index (χ1) is 11.5. The number of aromatic nitrogens is 2. The van der Waals surface area contributed by atoms with Crippen LogP contribution >= 0.6 is 11.5 Å². The van der Waals surface area contributed by atoms with Crippen LogP contribution in [0.1, 0.15) is 22.6 Å². The molecule has 1 amide bonds. The molecule has 2 aromatic rings. The van der Waals surface area contributed by atoms with Crippen molar-refractivity contribution in [3.63, 3.8) is 0 Å². The molecule has 1 aliphatic heterocycles. The van der Waals surface area contributed by atoms with Gasteiger partial charge in [-0.1, -0.05) is 0 Å². The quantitative estimate of drug-likeness (QED) is 0.624. The van der Waals surface area contributed by atoms with Gasteiger partial charge in [0, 0.05) is 55.4 Å². The maximum Gasteiger partial charge on any atom is 0.269 e. The molecule has 1 aromatic heterocycles. The van der Waals surface area contributed by atoms with Gasteiger partial charge in [-0.05, 0) is 25.5 Å². The van der Waals surface area contributed by atoms with Crippen molar-refractivity contribution in [3.8, 4) is 0 Å². The minimum absolute atomic E-state index is 0.0137. The highest BCUT2D eigenvalue weighted by molar-refractivity contribution is 7.09. The number of carbonyl (C=O) groups excluding carboxylic acids is 1. The SMILES string of the molecule is Cc1nsc(N2CCCN(C(=O)c3ccc([N+](=O)[O-])cc3)CC2)n1. The minimum Gasteiger partial charge on any atom is -0.345 e. The summed E-state index contributed by atoms with van der Waals surface area (Å²) in [6, 6.07) is 5.75. The van der Waals surface area contributed by atoms with E-state index in [1.165, 1.54) is 35.8 Å². The number of hydrogen-bond donors (Lipinski definition) is 0. The van der Waals surface area contributed by atoms with Crippen LogP contribution < -0.4 is 4.90 Å². The van der Waals surface area contributed by atoms with Gasteiger partial charge in [0.2, 0.25) is 5.13 Å². The molecule has 24 heavy (non-hydrogen) atoms. The summed E-state index contributed by atoms with van der Waals surface area (Å²) in [4.78, 5) is 31.1. The van der Waals surface area contributed by atoms with Gasteiger partial charge in [-0.15, -0.1) is 0 Å². The molecular weight excluding hydrogens is 330 g/mol. The molecule has 0 aliphatic carbocycles. The summed E-state index contributed by atoms with van der Waals surface area (Å²) in [6.45, 7) is 4.65. The van der Waals surface area contributed by atoms with Crippen molar-refractivity contribution in [2.24, 2.45) is 0 Å². The zero-order chi connectivity index (χ0) is 17.1. The number of carbonyl (C=O) groups is 1. The number of hydrogen-bond acceptors (Lipinski definition) is 7. The number of non-ortho nitro benzene ring substituents is 1. The van der Waals surface area contributed by atoms with Gasteiger partial charge in [0.15, 0.2) is 0 Å². The second-order valence-electron chi connectivity index (χ2n) is 5.56. The molecule has 3 rings (SSSR count). The zero-order valence-corrected chi connectivity index (χ0v) is 14.0. The predicted octanol–water partition coefficient (Wildman–Crippen LogP) is 2.11. The van der Waals surface area contributed by atoms with Gasteiger partial charge >= 0.3 is 0 Å². The fourth-order valence-corrected chi connectivity index (χ4v) is 3.36. The first kappa shape index (κ1) is 16.3. The highest BCUT2D eigenvalue weighted by Crippen LogP contribution is 2.20. The Hall–Kier alpha value is -2.55. The Kier molecular flexibility index (Phi) is 4.70. The van der Waals surface area contributed by atoms with E-state index >= 15 is 0 Å². The molecule has 1 saturated heterocycles. The lowest BCUT2D eigenvalue weighted by atomic mass is 10.2. The maximum absolute atomic E-state index is 12.6. The third-order valence-electron chi connectivity index (χ3n) is 3.90. The second kappa shape index (κ2) is 6.91. The van der Waals surface area contributed by atoms with E-state index in [9.17, 15) is 14.9 Å². The monoisotopic (exact) mass is 347 g/mol. The Morgan fingerprint density at radius 2 is 1.96 bits per heavy atom. The molecule has 2 heterocycles. The average molecular weight is 347 g/mol. The molecule has 0 bridgehead atoms. The molecule has 0 atom stereocenters. The summed E-state index contributed by atoms with van der Waals surface area (Å²) in [6.07, 6.45) is 0.845. The van der Waals surface area contributed by atoms with Gasteiger partial charge < -0.3 is 9.80 Å². The summed E-state index contributed by atoms with van der Waals surface area (Å²) in [5.41, 5.74) is 0.459. The van der Waals surface area contributed by atoms with E-state index in [4.69, 9.17) is 0 Å². The summed E-state index contributed by atoms with van der Waals surface area (Å²) in [7, 11) is 0. The molecule has 1 aliphatic rings. The van der Waals surface area contributed by atoms with Crippen LogP contribution in [0.5, 0.6) is 0 Å². The molecule has 0 radical (unpaired) electrons. The Bertz CT molecular complexity index is 746. The molecule has 126 valence electrons. The van der Waals surface area contributed by atoms with Crippen LogP contribution in [0.4, 0.5) is 10.8 Å². The van der Waals surface area contributed by atoms with Crippen LogP contribution in [-0.2, 0) is 0 Å². The molecule has 1 fully saturated rings. The van der Waals surface area contributed by atoms with Crippen LogP contribution in [0.2, 0.25) is 0 Å². The average Bonchev–Trinajstić information content (AvgIpc) is 2.87. The summed E-state index contributed by atoms with van der Waals surface area (Å²) in [5.74, 6) is 0.665. The Labute approximate surface area is 143 Å². The fourth-order valence-electron chi connectivity index (χ4n) is 2.63. The Balaban J connectivity index is 1.66. The number of nitro benzene ring substituents is 1. The largest absolute Gasteiger partial charge is 0.345 e. The summed E-state index contributed by atoms with van der Waals surface area (Å²) >= 11 is 1.37.